The maximum atomic E-state index is 11.5. The first-order valence-corrected chi connectivity index (χ1v) is 11.2. The molecule has 0 atom stereocenters. The van der Waals surface area contributed by atoms with E-state index in [0.717, 1.165) is 28.9 Å². The highest BCUT2D eigenvalue weighted by atomic mass is 16.5. The van der Waals surface area contributed by atoms with E-state index in [1.165, 1.54) is 42.6 Å². The molecular formula is C24H28N4O3. The minimum atomic E-state index is -0.937. The number of rotatable bonds is 4. The molecule has 1 aromatic heterocycles. The van der Waals surface area contributed by atoms with Crippen LogP contribution in [0, 0.1) is 0 Å². The summed E-state index contributed by atoms with van der Waals surface area (Å²) in [6.07, 6.45) is 8.39. The van der Waals surface area contributed by atoms with Crippen LogP contribution in [0.5, 0.6) is 0 Å². The molecule has 7 heteroatoms. The average Bonchev–Trinajstić information content (AvgIpc) is 3.26. The Kier molecular flexibility index (Phi) is 5.59. The Bertz CT molecular complexity index is 997. The molecule has 0 spiro atoms. The average molecular weight is 421 g/mol. The highest BCUT2D eigenvalue weighted by Gasteiger charge is 2.29. The molecule has 0 radical (unpaired) electrons. The fraction of sp³-hybridized carbons (Fsp3) is 0.458. The number of fused-ring (bicyclic) bond motifs is 1. The number of nitrogens with one attached hydrogen (secondary N) is 1. The van der Waals surface area contributed by atoms with Gasteiger partial charge in [-0.25, -0.2) is 14.8 Å². The quantitative estimate of drug-likeness (QED) is 0.718. The Labute approximate surface area is 182 Å². The SMILES string of the molecule is O=C(O)N1Cc2nc(C3=CCOCC3)nc(Nc3ccc(C4CCCCC4)cc3)c2C1. The third-order valence-corrected chi connectivity index (χ3v) is 6.55. The van der Waals surface area contributed by atoms with Gasteiger partial charge in [-0.2, -0.15) is 0 Å². The number of ether oxygens (including phenoxy) is 1. The molecule has 2 N–H and O–H groups in total. The van der Waals surface area contributed by atoms with Crippen molar-refractivity contribution in [1.29, 1.82) is 0 Å². The zero-order valence-corrected chi connectivity index (χ0v) is 17.6. The summed E-state index contributed by atoms with van der Waals surface area (Å²) in [5.74, 6) is 2.03. The molecule has 0 bridgehead atoms. The van der Waals surface area contributed by atoms with Gasteiger partial charge in [0.05, 0.1) is 32.0 Å². The summed E-state index contributed by atoms with van der Waals surface area (Å²) in [6, 6.07) is 8.64. The summed E-state index contributed by atoms with van der Waals surface area (Å²) < 4.78 is 5.42. The van der Waals surface area contributed by atoms with E-state index in [2.05, 4.69) is 29.6 Å². The van der Waals surface area contributed by atoms with Crippen molar-refractivity contribution < 1.29 is 14.6 Å². The van der Waals surface area contributed by atoms with Gasteiger partial charge in [0, 0.05) is 11.3 Å². The van der Waals surface area contributed by atoms with Gasteiger partial charge in [-0.3, -0.25) is 4.90 Å². The Hall–Kier alpha value is -2.93. The lowest BCUT2D eigenvalue weighted by atomic mass is 9.84. The second kappa shape index (κ2) is 8.67. The number of aromatic nitrogens is 2. The van der Waals surface area contributed by atoms with E-state index in [0.29, 0.717) is 43.9 Å². The summed E-state index contributed by atoms with van der Waals surface area (Å²) >= 11 is 0. The van der Waals surface area contributed by atoms with Crippen molar-refractivity contribution in [2.75, 3.05) is 18.5 Å². The van der Waals surface area contributed by atoms with Crippen molar-refractivity contribution in [2.45, 2.75) is 57.5 Å². The molecule has 1 aromatic carbocycles. The van der Waals surface area contributed by atoms with Gasteiger partial charge in [0.2, 0.25) is 0 Å². The summed E-state index contributed by atoms with van der Waals surface area (Å²) in [7, 11) is 0. The van der Waals surface area contributed by atoms with Crippen LogP contribution in [0.4, 0.5) is 16.3 Å². The zero-order valence-electron chi connectivity index (χ0n) is 17.6. The van der Waals surface area contributed by atoms with Crippen LogP contribution in [0.2, 0.25) is 0 Å². The molecule has 1 saturated carbocycles. The third-order valence-electron chi connectivity index (χ3n) is 6.55. The lowest BCUT2D eigenvalue weighted by molar-refractivity contribution is 0.145. The number of amides is 1. The molecule has 3 aliphatic rings. The number of benzene rings is 1. The Morgan fingerprint density at radius 2 is 1.90 bits per heavy atom. The maximum Gasteiger partial charge on any atom is 0.407 e. The fourth-order valence-electron chi connectivity index (χ4n) is 4.78. The second-order valence-electron chi connectivity index (χ2n) is 8.60. The third kappa shape index (κ3) is 4.28. The first-order valence-electron chi connectivity index (χ1n) is 11.2. The molecule has 7 nitrogen and oxygen atoms in total. The minimum absolute atomic E-state index is 0.291. The van der Waals surface area contributed by atoms with Crippen molar-refractivity contribution in [3.8, 4) is 0 Å². The van der Waals surface area contributed by atoms with Gasteiger partial charge >= 0.3 is 6.09 Å². The fourth-order valence-corrected chi connectivity index (χ4v) is 4.78. The van der Waals surface area contributed by atoms with Crippen LogP contribution < -0.4 is 5.32 Å². The maximum absolute atomic E-state index is 11.5. The van der Waals surface area contributed by atoms with Crippen molar-refractivity contribution in [3.05, 3.63) is 53.0 Å². The normalized spacial score (nSPS) is 19.1. The van der Waals surface area contributed by atoms with Gasteiger partial charge in [-0.05, 0) is 48.4 Å². The van der Waals surface area contributed by atoms with E-state index >= 15 is 0 Å². The zero-order chi connectivity index (χ0) is 21.2. The van der Waals surface area contributed by atoms with E-state index in [9.17, 15) is 9.90 Å². The highest BCUT2D eigenvalue weighted by Crippen LogP contribution is 2.34. The first kappa shape index (κ1) is 20.0. The smallest absolute Gasteiger partial charge is 0.407 e. The van der Waals surface area contributed by atoms with Crippen molar-refractivity contribution >= 4 is 23.2 Å². The standard InChI is InChI=1S/C24H28N4O3/c29-24(30)28-14-20-21(15-28)26-22(18-10-12-31-13-11-18)27-23(20)25-19-8-6-17(7-9-19)16-4-2-1-3-5-16/h6-10,16H,1-5,11-15H2,(H,29,30)(H,25,26,27). The predicted octanol–water partition coefficient (Wildman–Crippen LogP) is 5.07. The number of carbonyl (C=O) groups is 1. The second-order valence-corrected chi connectivity index (χ2v) is 8.60. The lowest BCUT2D eigenvalue weighted by Gasteiger charge is -2.22. The van der Waals surface area contributed by atoms with E-state index in [1.807, 2.05) is 6.08 Å². The number of anilines is 2. The molecule has 3 heterocycles. The van der Waals surface area contributed by atoms with E-state index in [4.69, 9.17) is 14.7 Å². The molecule has 1 aliphatic carbocycles. The van der Waals surface area contributed by atoms with Crippen LogP contribution in [-0.2, 0) is 17.8 Å². The largest absolute Gasteiger partial charge is 0.465 e. The van der Waals surface area contributed by atoms with Gasteiger partial charge in [-0.1, -0.05) is 37.5 Å². The summed E-state index contributed by atoms with van der Waals surface area (Å²) in [6.45, 7) is 1.80. The van der Waals surface area contributed by atoms with Crippen LogP contribution in [-0.4, -0.2) is 39.3 Å². The van der Waals surface area contributed by atoms with Gasteiger partial charge < -0.3 is 15.2 Å². The van der Waals surface area contributed by atoms with Crippen molar-refractivity contribution in [1.82, 2.24) is 14.9 Å². The molecule has 31 heavy (non-hydrogen) atoms. The number of nitrogens with zero attached hydrogens (tertiary/aromatic N) is 3. The topological polar surface area (TPSA) is 87.6 Å². The number of hydrogen-bond acceptors (Lipinski definition) is 5. The first-order chi connectivity index (χ1) is 15.2. The molecular weight excluding hydrogens is 392 g/mol. The number of hydrogen-bond donors (Lipinski definition) is 2. The predicted molar refractivity (Wildman–Crippen MR) is 118 cm³/mol. The monoisotopic (exact) mass is 420 g/mol. The van der Waals surface area contributed by atoms with Crippen molar-refractivity contribution in [2.24, 2.45) is 0 Å². The Balaban J connectivity index is 1.43. The van der Waals surface area contributed by atoms with Gasteiger partial charge in [0.1, 0.15) is 5.82 Å². The van der Waals surface area contributed by atoms with Crippen LogP contribution in [0.15, 0.2) is 30.3 Å². The van der Waals surface area contributed by atoms with E-state index in [1.54, 1.807) is 0 Å². The van der Waals surface area contributed by atoms with Gasteiger partial charge in [-0.15, -0.1) is 0 Å². The molecule has 5 rings (SSSR count). The molecule has 1 amide bonds. The summed E-state index contributed by atoms with van der Waals surface area (Å²) in [5.41, 5.74) is 5.05. The molecule has 0 saturated heterocycles. The molecule has 2 aliphatic heterocycles. The van der Waals surface area contributed by atoms with Gasteiger partial charge in [0.25, 0.3) is 0 Å². The molecule has 0 unspecified atom stereocenters. The summed E-state index contributed by atoms with van der Waals surface area (Å²) in [4.78, 5) is 22.4. The minimum Gasteiger partial charge on any atom is -0.465 e. The molecule has 1 fully saturated rings. The van der Waals surface area contributed by atoms with Crippen molar-refractivity contribution in [3.63, 3.8) is 0 Å². The Morgan fingerprint density at radius 1 is 1.10 bits per heavy atom. The highest BCUT2D eigenvalue weighted by molar-refractivity contribution is 5.70. The van der Waals surface area contributed by atoms with Gasteiger partial charge in [0.15, 0.2) is 5.82 Å². The lowest BCUT2D eigenvalue weighted by Crippen LogP contribution is -2.22. The van der Waals surface area contributed by atoms with Crippen LogP contribution >= 0.6 is 0 Å². The molecule has 162 valence electrons. The Morgan fingerprint density at radius 3 is 2.61 bits per heavy atom. The van der Waals surface area contributed by atoms with Crippen LogP contribution in [0.1, 0.15) is 67.1 Å². The molecule has 2 aromatic rings. The summed E-state index contributed by atoms with van der Waals surface area (Å²) in [5, 5.41) is 12.9. The van der Waals surface area contributed by atoms with E-state index in [-0.39, 0.29) is 0 Å². The van der Waals surface area contributed by atoms with Crippen LogP contribution in [0.3, 0.4) is 0 Å². The van der Waals surface area contributed by atoms with E-state index < -0.39 is 6.09 Å². The van der Waals surface area contributed by atoms with Crippen LogP contribution in [0.25, 0.3) is 5.57 Å². The number of carboxylic acid groups (broad SMARTS) is 1.